The van der Waals surface area contributed by atoms with Crippen LogP contribution in [0.2, 0.25) is 0 Å². The molecule has 0 aliphatic rings. The van der Waals surface area contributed by atoms with E-state index in [1.807, 2.05) is 0 Å². The molecule has 49 valence electrons. The molecule has 0 aliphatic heterocycles. The van der Waals surface area contributed by atoms with Gasteiger partial charge in [0, 0.05) is 22.4 Å². The third kappa shape index (κ3) is 61.9. The van der Waals surface area contributed by atoms with Crippen LogP contribution in [0.1, 0.15) is 0 Å². The van der Waals surface area contributed by atoms with Crippen LogP contribution in [0, 0.1) is 0 Å². The molecule has 3 N–H and O–H groups in total. The number of hydrogen-bond donors (Lipinski definition) is 3. The summed E-state index contributed by atoms with van der Waals surface area (Å²) in [6, 6.07) is 0. The number of phosphoric acid groups is 1. The van der Waals surface area contributed by atoms with Crippen molar-refractivity contribution in [1.82, 2.24) is 0 Å². The first kappa shape index (κ1) is 22.5. The molecule has 0 heterocycles. The van der Waals surface area contributed by atoms with Gasteiger partial charge in [-0.25, -0.2) is 4.57 Å². The number of rotatable bonds is 0. The monoisotopic (exact) mass is 271 g/mol. The second-order valence-electron chi connectivity index (χ2n) is 0.513. The van der Waals surface area contributed by atoms with Gasteiger partial charge in [-0.15, -0.1) is 0 Å². The van der Waals surface area contributed by atoms with Crippen LogP contribution in [0.15, 0.2) is 0 Å². The average molecular weight is 272 g/mol. The Balaban J connectivity index is -0.0000000267. The Morgan fingerprint density at radius 1 is 1.12 bits per heavy atom. The van der Waals surface area contributed by atoms with Crippen LogP contribution >= 0.6 is 7.82 Å². The molecule has 4 nitrogen and oxygen atoms in total. The molecule has 8 heteroatoms. The van der Waals surface area contributed by atoms with Gasteiger partial charge in [0.25, 0.3) is 0 Å². The summed E-state index contributed by atoms with van der Waals surface area (Å²) < 4.78 is 8.88. The molecule has 1 radical (unpaired) electrons. The molecule has 0 atom stereocenters. The fourth-order valence-corrected chi connectivity index (χ4v) is 0. The molecule has 0 aromatic heterocycles. The first-order valence-corrected chi connectivity index (χ1v) is 2.35. The summed E-state index contributed by atoms with van der Waals surface area (Å²) in [5.74, 6) is 0. The van der Waals surface area contributed by atoms with Crippen molar-refractivity contribution in [2.24, 2.45) is 0 Å². The molecule has 0 aliphatic carbocycles. The van der Waals surface area contributed by atoms with Gasteiger partial charge in [0.2, 0.25) is 0 Å². The molecular formula is H6AgCaNaO4P. The first-order valence-electron chi connectivity index (χ1n) is 0.783. The van der Waals surface area contributed by atoms with Crippen molar-refractivity contribution in [3.63, 3.8) is 0 Å². The van der Waals surface area contributed by atoms with E-state index in [9.17, 15) is 0 Å². The second-order valence-corrected chi connectivity index (χ2v) is 1.54. The van der Waals surface area contributed by atoms with Crippen LogP contribution in [-0.2, 0) is 26.9 Å². The van der Waals surface area contributed by atoms with Crippen LogP contribution in [-0.4, -0.2) is 82.0 Å². The Morgan fingerprint density at radius 3 is 1.12 bits per heavy atom. The summed E-state index contributed by atoms with van der Waals surface area (Å²) in [5, 5.41) is 0. The molecule has 0 amide bonds. The molecular weight excluding hydrogens is 266 g/mol. The van der Waals surface area contributed by atoms with E-state index in [-0.39, 0.29) is 89.7 Å². The van der Waals surface area contributed by atoms with Gasteiger partial charge in [-0.1, -0.05) is 0 Å². The van der Waals surface area contributed by atoms with Crippen molar-refractivity contribution in [3.8, 4) is 0 Å². The first-order chi connectivity index (χ1) is 2.00. The van der Waals surface area contributed by atoms with Crippen LogP contribution < -0.4 is 0 Å². The molecule has 0 spiro atoms. The molecule has 0 saturated carbocycles. The Morgan fingerprint density at radius 2 is 1.12 bits per heavy atom. The van der Waals surface area contributed by atoms with Crippen molar-refractivity contribution in [2.45, 2.75) is 0 Å². The van der Waals surface area contributed by atoms with Gasteiger partial charge in [0.05, 0.1) is 0 Å². The van der Waals surface area contributed by atoms with Gasteiger partial charge >= 0.3 is 75.1 Å². The third-order valence-electron chi connectivity index (χ3n) is 0. The zero-order valence-electron chi connectivity index (χ0n) is 2.50. The normalized spacial score (nSPS) is 7.38. The topological polar surface area (TPSA) is 77.8 Å². The summed E-state index contributed by atoms with van der Waals surface area (Å²) in [7, 11) is -4.64. The summed E-state index contributed by atoms with van der Waals surface area (Å²) in [4.78, 5) is 21.6. The Bertz CT molecular complexity index is 62.2. The standard InChI is InChI=1S/Ag.Ca.Na.H3O4P.3H/c;;;1-5(2,3)4;;;/h;;;(H3,1,2,3,4);;;. The second kappa shape index (κ2) is 10.1. The molecule has 0 bridgehead atoms. The predicted octanol–water partition coefficient (Wildman–Crippen LogP) is -2.50. The maximum absolute atomic E-state index is 8.88. The van der Waals surface area contributed by atoms with E-state index in [0.29, 0.717) is 0 Å². The molecule has 0 saturated heterocycles. The zero-order chi connectivity index (χ0) is 4.50. The SMILES string of the molecule is O=P(O)(O)O.[Ag].[CaH2].[NaH]. The van der Waals surface area contributed by atoms with E-state index in [0.717, 1.165) is 0 Å². The minimum atomic E-state index is -4.64. The van der Waals surface area contributed by atoms with Gasteiger partial charge in [0.1, 0.15) is 0 Å². The molecule has 0 fully saturated rings. The van der Waals surface area contributed by atoms with Gasteiger partial charge in [-0.3, -0.25) is 0 Å². The van der Waals surface area contributed by atoms with Crippen molar-refractivity contribution in [1.29, 1.82) is 0 Å². The Hall–Kier alpha value is 3.11. The molecule has 0 rings (SSSR count). The maximum atomic E-state index is 8.88. The van der Waals surface area contributed by atoms with Crippen molar-refractivity contribution in [2.75, 3.05) is 0 Å². The van der Waals surface area contributed by atoms with Crippen LogP contribution in [0.25, 0.3) is 0 Å². The fraction of sp³-hybridized carbons (Fsp3) is 0. The third-order valence-corrected chi connectivity index (χ3v) is 0. The summed E-state index contributed by atoms with van der Waals surface area (Å²) in [5.41, 5.74) is 0. The fourth-order valence-electron chi connectivity index (χ4n) is 0. The zero-order valence-corrected chi connectivity index (χ0v) is 4.88. The van der Waals surface area contributed by atoms with Crippen molar-refractivity contribution in [3.05, 3.63) is 0 Å². The molecule has 0 aromatic carbocycles. The molecule has 0 aromatic rings. The molecule has 8 heavy (non-hydrogen) atoms. The van der Waals surface area contributed by atoms with E-state index in [1.54, 1.807) is 0 Å². The predicted molar refractivity (Wildman–Crippen MR) is 30.0 cm³/mol. The van der Waals surface area contributed by atoms with E-state index >= 15 is 0 Å². The van der Waals surface area contributed by atoms with Crippen molar-refractivity contribution < 1.29 is 41.6 Å². The van der Waals surface area contributed by atoms with Gasteiger partial charge in [-0.2, -0.15) is 0 Å². The quantitative estimate of drug-likeness (QED) is 0.336. The minimum absolute atomic E-state index is 0. The van der Waals surface area contributed by atoms with Crippen LogP contribution in [0.4, 0.5) is 0 Å². The Labute approximate surface area is 114 Å². The van der Waals surface area contributed by atoms with Gasteiger partial charge < -0.3 is 14.7 Å². The molecule has 0 unspecified atom stereocenters. The number of hydrogen-bond acceptors (Lipinski definition) is 1. The van der Waals surface area contributed by atoms with Gasteiger partial charge in [0.15, 0.2) is 0 Å². The summed E-state index contributed by atoms with van der Waals surface area (Å²) in [6.07, 6.45) is 0. The van der Waals surface area contributed by atoms with Crippen LogP contribution in [0.3, 0.4) is 0 Å². The van der Waals surface area contributed by atoms with Crippen molar-refractivity contribution >= 4 is 75.1 Å². The van der Waals surface area contributed by atoms with E-state index in [1.165, 1.54) is 0 Å². The van der Waals surface area contributed by atoms with E-state index in [2.05, 4.69) is 0 Å². The van der Waals surface area contributed by atoms with Crippen LogP contribution in [0.5, 0.6) is 0 Å². The average Bonchev–Trinajstić information content (AvgIpc) is 0.722. The van der Waals surface area contributed by atoms with Gasteiger partial charge in [-0.05, 0) is 0 Å². The van der Waals surface area contributed by atoms with E-state index < -0.39 is 7.82 Å². The summed E-state index contributed by atoms with van der Waals surface area (Å²) >= 11 is 0. The Kier molecular flexibility index (Phi) is 28.4. The van der Waals surface area contributed by atoms with E-state index in [4.69, 9.17) is 19.2 Å². The summed E-state index contributed by atoms with van der Waals surface area (Å²) in [6.45, 7) is 0.